The smallest absolute Gasteiger partial charge is 0.204 e. The summed E-state index contributed by atoms with van der Waals surface area (Å²) in [5.41, 5.74) is 0.584. The molecule has 0 amide bonds. The molecular weight excluding hydrogens is 239 g/mol. The lowest BCUT2D eigenvalue weighted by atomic mass is 10.2. The lowest BCUT2D eigenvalue weighted by Crippen LogP contribution is -1.83. The zero-order valence-electron chi connectivity index (χ0n) is 6.33. The number of H-pyrrole nitrogens is 1. The van der Waals surface area contributed by atoms with Crippen molar-refractivity contribution in [2.45, 2.75) is 0 Å². The van der Waals surface area contributed by atoms with Crippen LogP contribution in [0.2, 0.25) is 0 Å². The van der Waals surface area contributed by atoms with Crippen molar-refractivity contribution in [3.8, 4) is 11.4 Å². The maximum Gasteiger partial charge on any atom is 0.204 e. The number of hydrogen-bond donors (Lipinski definition) is 1. The maximum atomic E-state index is 12.9. The first-order valence-corrected chi connectivity index (χ1v) is 4.25. The Morgan fingerprint density at radius 3 is 2.77 bits per heavy atom. The van der Waals surface area contributed by atoms with Gasteiger partial charge in [-0.3, -0.25) is 0 Å². The molecule has 2 rings (SSSR count). The largest absolute Gasteiger partial charge is 0.207 e. The number of halogens is 2. The highest BCUT2D eigenvalue weighted by Crippen LogP contribution is 2.20. The predicted octanol–water partition coefficient (Wildman–Crippen LogP) is 1.77. The highest BCUT2D eigenvalue weighted by molar-refractivity contribution is 9.10. The quantitative estimate of drug-likeness (QED) is 0.830. The van der Waals surface area contributed by atoms with Crippen LogP contribution in [-0.4, -0.2) is 20.6 Å². The highest BCUT2D eigenvalue weighted by atomic mass is 79.9. The van der Waals surface area contributed by atoms with Gasteiger partial charge in [0.05, 0.1) is 0 Å². The fourth-order valence-electron chi connectivity index (χ4n) is 0.967. The van der Waals surface area contributed by atoms with Crippen molar-refractivity contribution in [3.63, 3.8) is 0 Å². The Kier molecular flexibility index (Phi) is 2.05. The van der Waals surface area contributed by atoms with E-state index in [0.29, 0.717) is 15.9 Å². The number of hydrogen-bond acceptors (Lipinski definition) is 3. The molecule has 0 spiro atoms. The molecule has 66 valence electrons. The van der Waals surface area contributed by atoms with Crippen molar-refractivity contribution >= 4 is 15.9 Å². The van der Waals surface area contributed by atoms with E-state index in [9.17, 15) is 4.39 Å². The summed E-state index contributed by atoms with van der Waals surface area (Å²) in [5, 5.41) is 13.2. The number of tetrazole rings is 1. The van der Waals surface area contributed by atoms with Gasteiger partial charge in [-0.2, -0.15) is 5.21 Å². The molecule has 1 heterocycles. The van der Waals surface area contributed by atoms with Gasteiger partial charge in [-0.15, -0.1) is 10.2 Å². The molecule has 13 heavy (non-hydrogen) atoms. The van der Waals surface area contributed by atoms with Crippen LogP contribution in [0.4, 0.5) is 4.39 Å². The molecule has 1 N–H and O–H groups in total. The topological polar surface area (TPSA) is 54.5 Å². The fraction of sp³-hybridized carbons (Fsp3) is 0. The molecule has 0 aliphatic rings. The van der Waals surface area contributed by atoms with Gasteiger partial charge in [-0.05, 0) is 23.4 Å². The summed E-state index contributed by atoms with van der Waals surface area (Å²) < 4.78 is 13.5. The SMILES string of the molecule is Fc1cc(Br)cc(-c2nn[nH]n2)c1. The van der Waals surface area contributed by atoms with Crippen molar-refractivity contribution in [3.05, 3.63) is 28.5 Å². The molecule has 0 radical (unpaired) electrons. The van der Waals surface area contributed by atoms with Crippen LogP contribution in [0.15, 0.2) is 22.7 Å². The third-order valence-electron chi connectivity index (χ3n) is 1.47. The number of benzene rings is 1. The van der Waals surface area contributed by atoms with Crippen LogP contribution < -0.4 is 0 Å². The zero-order valence-corrected chi connectivity index (χ0v) is 7.92. The Morgan fingerprint density at radius 2 is 2.15 bits per heavy atom. The number of aromatic amines is 1. The Balaban J connectivity index is 2.53. The first-order valence-electron chi connectivity index (χ1n) is 3.45. The first kappa shape index (κ1) is 8.31. The van der Waals surface area contributed by atoms with Crippen LogP contribution in [-0.2, 0) is 0 Å². The van der Waals surface area contributed by atoms with Gasteiger partial charge in [-0.1, -0.05) is 15.9 Å². The minimum atomic E-state index is -0.339. The monoisotopic (exact) mass is 242 g/mol. The Bertz CT molecular complexity index is 394. The highest BCUT2D eigenvalue weighted by Gasteiger charge is 2.05. The molecule has 0 atom stereocenters. The predicted molar refractivity (Wildman–Crippen MR) is 47.3 cm³/mol. The lowest BCUT2D eigenvalue weighted by Gasteiger charge is -1.95. The van der Waals surface area contributed by atoms with Gasteiger partial charge in [0.15, 0.2) is 0 Å². The standard InChI is InChI=1S/C7H4BrFN4/c8-5-1-4(2-6(9)3-5)7-10-12-13-11-7/h1-3H,(H,10,11,12,13). The summed E-state index contributed by atoms with van der Waals surface area (Å²) in [5.74, 6) is 0.0365. The van der Waals surface area contributed by atoms with E-state index >= 15 is 0 Å². The molecule has 0 saturated carbocycles. The van der Waals surface area contributed by atoms with Crippen LogP contribution in [0.1, 0.15) is 0 Å². The van der Waals surface area contributed by atoms with E-state index in [-0.39, 0.29) is 5.82 Å². The fourth-order valence-corrected chi connectivity index (χ4v) is 1.43. The van der Waals surface area contributed by atoms with Crippen LogP contribution in [0.3, 0.4) is 0 Å². The first-order chi connectivity index (χ1) is 6.25. The van der Waals surface area contributed by atoms with Crippen LogP contribution >= 0.6 is 15.9 Å². The summed E-state index contributed by atoms with van der Waals surface area (Å²) in [7, 11) is 0. The van der Waals surface area contributed by atoms with E-state index in [1.807, 2.05) is 0 Å². The molecule has 0 unspecified atom stereocenters. The summed E-state index contributed by atoms with van der Waals surface area (Å²) in [6.07, 6.45) is 0. The van der Waals surface area contributed by atoms with Gasteiger partial charge in [0.1, 0.15) is 5.82 Å². The molecule has 1 aromatic heterocycles. The minimum Gasteiger partial charge on any atom is -0.207 e. The molecule has 1 aromatic carbocycles. The number of rotatable bonds is 1. The Hall–Kier alpha value is -1.30. The molecule has 4 nitrogen and oxygen atoms in total. The average molecular weight is 243 g/mol. The van der Waals surface area contributed by atoms with Gasteiger partial charge in [0, 0.05) is 10.0 Å². The minimum absolute atomic E-state index is 0.339. The molecule has 0 bridgehead atoms. The maximum absolute atomic E-state index is 12.9. The van der Waals surface area contributed by atoms with Crippen LogP contribution in [0.5, 0.6) is 0 Å². The molecule has 0 aliphatic carbocycles. The zero-order chi connectivity index (χ0) is 9.26. The van der Waals surface area contributed by atoms with Crippen LogP contribution in [0.25, 0.3) is 11.4 Å². The van der Waals surface area contributed by atoms with E-state index in [1.54, 1.807) is 6.07 Å². The van der Waals surface area contributed by atoms with E-state index in [2.05, 4.69) is 36.6 Å². The molecule has 0 fully saturated rings. The van der Waals surface area contributed by atoms with E-state index in [1.165, 1.54) is 12.1 Å². The molecule has 0 saturated heterocycles. The number of nitrogens with zero attached hydrogens (tertiary/aromatic N) is 3. The van der Waals surface area contributed by atoms with Gasteiger partial charge < -0.3 is 0 Å². The molecule has 0 aliphatic heterocycles. The summed E-state index contributed by atoms with van der Waals surface area (Å²) >= 11 is 3.17. The van der Waals surface area contributed by atoms with Gasteiger partial charge >= 0.3 is 0 Å². The Labute approximate surface area is 81.3 Å². The van der Waals surface area contributed by atoms with Gasteiger partial charge in [0.2, 0.25) is 5.82 Å². The van der Waals surface area contributed by atoms with Crippen molar-refractivity contribution in [1.29, 1.82) is 0 Å². The third-order valence-corrected chi connectivity index (χ3v) is 1.92. The third kappa shape index (κ3) is 1.72. The Morgan fingerprint density at radius 1 is 1.31 bits per heavy atom. The second kappa shape index (κ2) is 3.21. The van der Waals surface area contributed by atoms with E-state index in [4.69, 9.17) is 0 Å². The summed E-state index contributed by atoms with van der Waals surface area (Å²) in [4.78, 5) is 0. The summed E-state index contributed by atoms with van der Waals surface area (Å²) in [6, 6.07) is 4.42. The molecule has 2 aromatic rings. The van der Waals surface area contributed by atoms with Crippen molar-refractivity contribution < 1.29 is 4.39 Å². The van der Waals surface area contributed by atoms with E-state index in [0.717, 1.165) is 0 Å². The van der Waals surface area contributed by atoms with Crippen LogP contribution in [0, 0.1) is 5.82 Å². The summed E-state index contributed by atoms with van der Waals surface area (Å²) in [6.45, 7) is 0. The second-order valence-electron chi connectivity index (χ2n) is 2.39. The van der Waals surface area contributed by atoms with Crippen molar-refractivity contribution in [2.24, 2.45) is 0 Å². The van der Waals surface area contributed by atoms with E-state index < -0.39 is 0 Å². The number of nitrogens with one attached hydrogen (secondary N) is 1. The van der Waals surface area contributed by atoms with Crippen molar-refractivity contribution in [2.75, 3.05) is 0 Å². The molecule has 6 heteroatoms. The van der Waals surface area contributed by atoms with Gasteiger partial charge in [0.25, 0.3) is 0 Å². The lowest BCUT2D eigenvalue weighted by molar-refractivity contribution is 0.627. The number of aromatic nitrogens is 4. The average Bonchev–Trinajstić information content (AvgIpc) is 2.53. The normalized spacial score (nSPS) is 10.3. The van der Waals surface area contributed by atoms with Gasteiger partial charge in [-0.25, -0.2) is 4.39 Å². The van der Waals surface area contributed by atoms with Crippen molar-refractivity contribution in [1.82, 2.24) is 20.6 Å². The second-order valence-corrected chi connectivity index (χ2v) is 3.31. The molecular formula is C7H4BrFN4.